The molecule has 0 saturated carbocycles. The number of hydrogen-bond acceptors (Lipinski definition) is 0. The van der Waals surface area contributed by atoms with E-state index in [9.17, 15) is 0 Å². The fourth-order valence-corrected chi connectivity index (χ4v) is 3.01. The van der Waals surface area contributed by atoms with Gasteiger partial charge in [0.25, 0.3) is 0 Å². The highest BCUT2D eigenvalue weighted by Gasteiger charge is 2.31. The van der Waals surface area contributed by atoms with E-state index in [1.54, 1.807) is 0 Å². The summed E-state index contributed by atoms with van der Waals surface area (Å²) in [6.45, 7) is 11.8. The molecule has 0 heteroatoms. The number of hydrogen-bond donors (Lipinski definition) is 0. The van der Waals surface area contributed by atoms with Gasteiger partial charge in [-0.15, -0.1) is 0 Å². The first kappa shape index (κ1) is 14.0. The Hall–Kier alpha value is 0. The van der Waals surface area contributed by atoms with E-state index < -0.39 is 0 Å². The van der Waals surface area contributed by atoms with Gasteiger partial charge < -0.3 is 0 Å². The summed E-state index contributed by atoms with van der Waals surface area (Å²) in [4.78, 5) is 0. The van der Waals surface area contributed by atoms with E-state index in [0.29, 0.717) is 5.41 Å². The second kappa shape index (κ2) is 7.31. The lowest BCUT2D eigenvalue weighted by molar-refractivity contribution is 0.119. The van der Waals surface area contributed by atoms with Gasteiger partial charge in [-0.2, -0.15) is 0 Å². The second-order valence-corrected chi connectivity index (χ2v) is 4.67. The summed E-state index contributed by atoms with van der Waals surface area (Å²) < 4.78 is 0. The maximum absolute atomic E-state index is 2.38. The van der Waals surface area contributed by atoms with Crippen molar-refractivity contribution in [1.82, 2.24) is 0 Å². The van der Waals surface area contributed by atoms with Crippen LogP contribution in [0.1, 0.15) is 79.6 Å². The fourth-order valence-electron chi connectivity index (χ4n) is 3.01. The summed E-state index contributed by atoms with van der Waals surface area (Å²) in [6, 6.07) is 0. The molecular formula is C14H30. The van der Waals surface area contributed by atoms with Crippen LogP contribution in [-0.4, -0.2) is 0 Å². The minimum Gasteiger partial charge on any atom is -0.0654 e. The molecule has 0 aromatic rings. The van der Waals surface area contributed by atoms with Crippen molar-refractivity contribution in [2.75, 3.05) is 0 Å². The van der Waals surface area contributed by atoms with E-state index >= 15 is 0 Å². The molecule has 0 fully saturated rings. The van der Waals surface area contributed by atoms with Crippen molar-refractivity contribution in [3.05, 3.63) is 0 Å². The zero-order chi connectivity index (χ0) is 11.0. The molecule has 0 aromatic heterocycles. The van der Waals surface area contributed by atoms with Gasteiger partial charge in [-0.25, -0.2) is 0 Å². The quantitative estimate of drug-likeness (QED) is 0.488. The van der Waals surface area contributed by atoms with Crippen molar-refractivity contribution < 1.29 is 0 Å². The molecule has 1 atom stereocenters. The first-order valence-corrected chi connectivity index (χ1v) is 6.70. The SMILES string of the molecule is CCCCC(CC)C(CC)(CC)CC. The van der Waals surface area contributed by atoms with Crippen LogP contribution in [0.2, 0.25) is 0 Å². The molecule has 86 valence electrons. The maximum atomic E-state index is 2.38. The zero-order valence-corrected chi connectivity index (χ0v) is 11.0. The van der Waals surface area contributed by atoms with Crippen LogP contribution in [0.3, 0.4) is 0 Å². The third-order valence-corrected chi connectivity index (χ3v) is 4.38. The van der Waals surface area contributed by atoms with Crippen LogP contribution >= 0.6 is 0 Å². The zero-order valence-electron chi connectivity index (χ0n) is 11.0. The van der Waals surface area contributed by atoms with Gasteiger partial charge in [0.1, 0.15) is 0 Å². The van der Waals surface area contributed by atoms with Gasteiger partial charge in [0.2, 0.25) is 0 Å². The minimum absolute atomic E-state index is 0.643. The van der Waals surface area contributed by atoms with Crippen LogP contribution in [0.15, 0.2) is 0 Å². The van der Waals surface area contributed by atoms with Crippen LogP contribution in [0, 0.1) is 11.3 Å². The molecule has 0 aliphatic heterocycles. The van der Waals surface area contributed by atoms with E-state index in [0.717, 1.165) is 5.92 Å². The van der Waals surface area contributed by atoms with Crippen molar-refractivity contribution in [3.63, 3.8) is 0 Å². The predicted molar refractivity (Wildman–Crippen MR) is 66.6 cm³/mol. The molecule has 0 amide bonds. The molecule has 0 aliphatic carbocycles. The summed E-state index contributed by atoms with van der Waals surface area (Å²) in [6.07, 6.45) is 9.68. The molecule has 0 aliphatic rings. The fraction of sp³-hybridized carbons (Fsp3) is 1.00. The molecule has 0 saturated heterocycles. The van der Waals surface area contributed by atoms with E-state index in [-0.39, 0.29) is 0 Å². The van der Waals surface area contributed by atoms with Crippen LogP contribution < -0.4 is 0 Å². The Kier molecular flexibility index (Phi) is 7.31. The van der Waals surface area contributed by atoms with Crippen molar-refractivity contribution in [1.29, 1.82) is 0 Å². The Morgan fingerprint density at radius 1 is 0.857 bits per heavy atom. The molecule has 0 radical (unpaired) electrons. The van der Waals surface area contributed by atoms with Crippen LogP contribution in [0.4, 0.5) is 0 Å². The molecule has 0 heterocycles. The molecule has 0 rings (SSSR count). The van der Waals surface area contributed by atoms with Crippen LogP contribution in [0.5, 0.6) is 0 Å². The predicted octanol–water partition coefficient (Wildman–Crippen LogP) is 5.42. The summed E-state index contributed by atoms with van der Waals surface area (Å²) in [5, 5.41) is 0. The highest BCUT2D eigenvalue weighted by Crippen LogP contribution is 2.42. The lowest BCUT2D eigenvalue weighted by Crippen LogP contribution is -2.28. The molecule has 0 spiro atoms. The minimum atomic E-state index is 0.643. The van der Waals surface area contributed by atoms with Gasteiger partial charge in [-0.05, 0) is 17.8 Å². The van der Waals surface area contributed by atoms with Gasteiger partial charge in [0.05, 0.1) is 0 Å². The Bertz CT molecular complexity index is 114. The molecule has 0 aromatic carbocycles. The monoisotopic (exact) mass is 198 g/mol. The number of unbranched alkanes of at least 4 members (excludes halogenated alkanes) is 1. The Labute approximate surface area is 91.5 Å². The van der Waals surface area contributed by atoms with Crippen molar-refractivity contribution in [2.24, 2.45) is 11.3 Å². The normalized spacial score (nSPS) is 14.4. The van der Waals surface area contributed by atoms with Crippen molar-refractivity contribution in [3.8, 4) is 0 Å². The summed E-state index contributed by atoms with van der Waals surface area (Å²) >= 11 is 0. The first-order valence-electron chi connectivity index (χ1n) is 6.70. The second-order valence-electron chi connectivity index (χ2n) is 4.67. The van der Waals surface area contributed by atoms with E-state index in [1.165, 1.54) is 44.9 Å². The van der Waals surface area contributed by atoms with Gasteiger partial charge in [0.15, 0.2) is 0 Å². The smallest absolute Gasteiger partial charge is 0.0277 e. The molecular weight excluding hydrogens is 168 g/mol. The lowest BCUT2D eigenvalue weighted by atomic mass is 9.66. The van der Waals surface area contributed by atoms with Crippen LogP contribution in [-0.2, 0) is 0 Å². The van der Waals surface area contributed by atoms with Crippen molar-refractivity contribution >= 4 is 0 Å². The molecule has 0 N–H and O–H groups in total. The summed E-state index contributed by atoms with van der Waals surface area (Å²) in [5.41, 5.74) is 0.643. The number of rotatable bonds is 8. The van der Waals surface area contributed by atoms with E-state index in [2.05, 4.69) is 34.6 Å². The third-order valence-electron chi connectivity index (χ3n) is 4.38. The maximum Gasteiger partial charge on any atom is -0.0277 e. The third kappa shape index (κ3) is 3.29. The van der Waals surface area contributed by atoms with E-state index in [1.807, 2.05) is 0 Å². The van der Waals surface area contributed by atoms with E-state index in [4.69, 9.17) is 0 Å². The molecule has 0 nitrogen and oxygen atoms in total. The summed E-state index contributed by atoms with van der Waals surface area (Å²) in [5.74, 6) is 0.961. The lowest BCUT2D eigenvalue weighted by Gasteiger charge is -2.39. The Balaban J connectivity index is 4.40. The molecule has 1 unspecified atom stereocenters. The largest absolute Gasteiger partial charge is 0.0654 e. The molecule has 14 heavy (non-hydrogen) atoms. The van der Waals surface area contributed by atoms with Crippen LogP contribution in [0.25, 0.3) is 0 Å². The summed E-state index contributed by atoms with van der Waals surface area (Å²) in [7, 11) is 0. The highest BCUT2D eigenvalue weighted by molar-refractivity contribution is 4.82. The Morgan fingerprint density at radius 2 is 1.36 bits per heavy atom. The first-order chi connectivity index (χ1) is 6.70. The van der Waals surface area contributed by atoms with Gasteiger partial charge in [-0.1, -0.05) is 73.1 Å². The van der Waals surface area contributed by atoms with Gasteiger partial charge in [0, 0.05) is 0 Å². The average Bonchev–Trinajstić information content (AvgIpc) is 2.25. The standard InChI is InChI=1S/C14H30/c1-6-11-12-13(7-2)14(8-3,9-4)10-5/h13H,6-12H2,1-5H3. The van der Waals surface area contributed by atoms with Gasteiger partial charge >= 0.3 is 0 Å². The van der Waals surface area contributed by atoms with Gasteiger partial charge in [-0.3, -0.25) is 0 Å². The highest BCUT2D eigenvalue weighted by atomic mass is 14.4. The van der Waals surface area contributed by atoms with Crippen molar-refractivity contribution in [2.45, 2.75) is 79.6 Å². The Morgan fingerprint density at radius 3 is 1.64 bits per heavy atom. The average molecular weight is 198 g/mol. The molecule has 0 bridgehead atoms. The topological polar surface area (TPSA) is 0 Å².